The number of quaternary nitrogens is 1. The molecule has 3 aromatic rings. The molecule has 2 aromatic heterocycles. The van der Waals surface area contributed by atoms with E-state index >= 15 is 0 Å². The lowest BCUT2D eigenvalue weighted by atomic mass is 10.2. The molecule has 1 amide bonds. The summed E-state index contributed by atoms with van der Waals surface area (Å²) in [6.45, 7) is 1.51. The largest absolute Gasteiger partial charge is 0.463 e. The van der Waals surface area contributed by atoms with E-state index in [4.69, 9.17) is 8.83 Å². The number of halogens is 1. The first kappa shape index (κ1) is 17.0. The van der Waals surface area contributed by atoms with Gasteiger partial charge in [-0.05, 0) is 30.3 Å². The molecule has 2 heterocycles. The maximum atomic E-state index is 13.6. The highest BCUT2D eigenvalue weighted by atomic mass is 19.1. The Labute approximate surface area is 145 Å². The molecule has 0 aliphatic heterocycles. The number of benzene rings is 1. The third-order valence-corrected chi connectivity index (χ3v) is 3.85. The molecule has 2 N–H and O–H groups in total. The molecule has 5 nitrogen and oxygen atoms in total. The van der Waals surface area contributed by atoms with E-state index in [1.165, 1.54) is 6.07 Å². The molecule has 0 unspecified atom stereocenters. The summed E-state index contributed by atoms with van der Waals surface area (Å²) < 4.78 is 24.4. The molecule has 0 saturated carbocycles. The maximum Gasteiger partial charge on any atom is 0.275 e. The van der Waals surface area contributed by atoms with Crippen LogP contribution in [0.2, 0.25) is 0 Å². The van der Waals surface area contributed by atoms with Crippen LogP contribution in [-0.2, 0) is 24.4 Å². The minimum atomic E-state index is -0.321. The van der Waals surface area contributed by atoms with E-state index in [0.29, 0.717) is 18.7 Å². The van der Waals surface area contributed by atoms with Crippen LogP contribution in [0, 0.1) is 5.82 Å². The third kappa shape index (κ3) is 5.06. The first-order valence-electron chi connectivity index (χ1n) is 8.09. The van der Waals surface area contributed by atoms with Crippen LogP contribution in [0.15, 0.2) is 69.9 Å². The van der Waals surface area contributed by atoms with Gasteiger partial charge < -0.3 is 19.1 Å². The monoisotopic (exact) mass is 343 g/mol. The molecule has 0 atom stereocenters. The number of rotatable bonds is 8. The molecular formula is C19H20FN2O3+. The summed E-state index contributed by atoms with van der Waals surface area (Å²) in [5.41, 5.74) is 0.467. The lowest BCUT2D eigenvalue weighted by Gasteiger charge is -2.17. The topological polar surface area (TPSA) is 59.8 Å². The van der Waals surface area contributed by atoms with Gasteiger partial charge in [-0.1, -0.05) is 18.2 Å². The Balaban J connectivity index is 1.58. The second kappa shape index (κ2) is 8.30. The van der Waals surface area contributed by atoms with Gasteiger partial charge in [0.25, 0.3) is 5.91 Å². The van der Waals surface area contributed by atoms with E-state index in [1.807, 2.05) is 24.3 Å². The standard InChI is InChI=1S/C19H19FN2O3/c20-18-8-2-1-5-15(18)11-21-19(23)14-22(12-16-6-3-9-24-16)13-17-7-4-10-25-17/h1-10H,11-14H2,(H,21,23)/p+1. The van der Waals surface area contributed by atoms with Crippen LogP contribution in [0.5, 0.6) is 0 Å². The van der Waals surface area contributed by atoms with Crippen molar-refractivity contribution in [2.75, 3.05) is 6.54 Å². The van der Waals surface area contributed by atoms with Gasteiger partial charge in [-0.15, -0.1) is 0 Å². The van der Waals surface area contributed by atoms with Crippen LogP contribution in [0.3, 0.4) is 0 Å². The van der Waals surface area contributed by atoms with Gasteiger partial charge in [-0.3, -0.25) is 4.79 Å². The highest BCUT2D eigenvalue weighted by molar-refractivity contribution is 5.76. The lowest BCUT2D eigenvalue weighted by molar-refractivity contribution is -0.921. The number of amides is 1. The molecule has 0 aliphatic carbocycles. The van der Waals surface area contributed by atoms with Crippen molar-refractivity contribution in [2.45, 2.75) is 19.6 Å². The quantitative estimate of drug-likeness (QED) is 0.657. The van der Waals surface area contributed by atoms with Crippen LogP contribution in [0.1, 0.15) is 17.1 Å². The Morgan fingerprint density at radius 2 is 1.60 bits per heavy atom. The molecule has 1 aromatic carbocycles. The fraction of sp³-hybridized carbons (Fsp3) is 0.211. The van der Waals surface area contributed by atoms with Crippen molar-refractivity contribution >= 4 is 5.91 Å². The second-order valence-electron chi connectivity index (χ2n) is 5.81. The van der Waals surface area contributed by atoms with E-state index in [-0.39, 0.29) is 24.8 Å². The van der Waals surface area contributed by atoms with Crippen molar-refractivity contribution in [3.8, 4) is 0 Å². The number of carbonyl (C=O) groups is 1. The van der Waals surface area contributed by atoms with Crippen molar-refractivity contribution in [2.24, 2.45) is 0 Å². The van der Waals surface area contributed by atoms with Gasteiger partial charge >= 0.3 is 0 Å². The first-order valence-corrected chi connectivity index (χ1v) is 8.09. The number of carbonyl (C=O) groups excluding carboxylic acids is 1. The molecule has 0 saturated heterocycles. The molecule has 6 heteroatoms. The minimum Gasteiger partial charge on any atom is -0.463 e. The summed E-state index contributed by atoms with van der Waals surface area (Å²) in [4.78, 5) is 13.2. The highest BCUT2D eigenvalue weighted by Crippen LogP contribution is 2.05. The molecule has 25 heavy (non-hydrogen) atoms. The normalized spacial score (nSPS) is 11.0. The van der Waals surface area contributed by atoms with Crippen LogP contribution >= 0.6 is 0 Å². The predicted octanol–water partition coefficient (Wildman–Crippen LogP) is 1.91. The molecule has 0 aliphatic rings. The van der Waals surface area contributed by atoms with Crippen molar-refractivity contribution in [1.29, 1.82) is 0 Å². The molecular weight excluding hydrogens is 323 g/mol. The van der Waals surface area contributed by atoms with Crippen LogP contribution in [0.25, 0.3) is 0 Å². The third-order valence-electron chi connectivity index (χ3n) is 3.85. The van der Waals surface area contributed by atoms with Crippen LogP contribution < -0.4 is 10.2 Å². The van der Waals surface area contributed by atoms with Crippen molar-refractivity contribution in [1.82, 2.24) is 5.32 Å². The van der Waals surface area contributed by atoms with Crippen LogP contribution in [-0.4, -0.2) is 12.5 Å². The smallest absolute Gasteiger partial charge is 0.275 e. The van der Waals surface area contributed by atoms with E-state index in [2.05, 4.69) is 5.32 Å². The number of furan rings is 2. The van der Waals surface area contributed by atoms with Gasteiger partial charge in [0, 0.05) is 12.1 Å². The fourth-order valence-corrected chi connectivity index (χ4v) is 2.63. The summed E-state index contributed by atoms with van der Waals surface area (Å²) in [5.74, 6) is 1.11. The Kier molecular flexibility index (Phi) is 5.64. The summed E-state index contributed by atoms with van der Waals surface area (Å²) in [7, 11) is 0. The summed E-state index contributed by atoms with van der Waals surface area (Å²) in [5, 5.41) is 2.77. The minimum absolute atomic E-state index is 0.156. The average molecular weight is 343 g/mol. The molecule has 0 bridgehead atoms. The maximum absolute atomic E-state index is 13.6. The van der Waals surface area contributed by atoms with Crippen molar-refractivity contribution in [3.63, 3.8) is 0 Å². The molecule has 0 spiro atoms. The molecule has 130 valence electrons. The SMILES string of the molecule is O=C(C[NH+](Cc1ccco1)Cc1ccco1)NCc1ccccc1F. The average Bonchev–Trinajstić information content (AvgIpc) is 3.28. The van der Waals surface area contributed by atoms with Gasteiger partial charge in [0.2, 0.25) is 0 Å². The predicted molar refractivity (Wildman–Crippen MR) is 88.9 cm³/mol. The number of hydrogen-bond donors (Lipinski definition) is 2. The van der Waals surface area contributed by atoms with Crippen LogP contribution in [0.4, 0.5) is 4.39 Å². The van der Waals surface area contributed by atoms with Gasteiger partial charge in [0.05, 0.1) is 12.5 Å². The zero-order valence-corrected chi connectivity index (χ0v) is 13.7. The zero-order chi connectivity index (χ0) is 17.5. The Hall–Kier alpha value is -2.86. The first-order chi connectivity index (χ1) is 12.2. The van der Waals surface area contributed by atoms with Gasteiger partial charge in [-0.2, -0.15) is 0 Å². The van der Waals surface area contributed by atoms with Gasteiger partial charge in [-0.25, -0.2) is 4.39 Å². The fourth-order valence-electron chi connectivity index (χ4n) is 2.63. The number of hydrogen-bond acceptors (Lipinski definition) is 3. The van der Waals surface area contributed by atoms with E-state index in [0.717, 1.165) is 16.4 Å². The Bertz CT molecular complexity index is 749. The lowest BCUT2D eigenvalue weighted by Crippen LogP contribution is -3.10. The molecule has 3 rings (SSSR count). The molecule has 0 radical (unpaired) electrons. The number of nitrogens with one attached hydrogen (secondary N) is 2. The molecule has 0 fully saturated rings. The van der Waals surface area contributed by atoms with E-state index < -0.39 is 0 Å². The van der Waals surface area contributed by atoms with E-state index in [9.17, 15) is 9.18 Å². The Morgan fingerprint density at radius 3 is 2.16 bits per heavy atom. The summed E-state index contributed by atoms with van der Waals surface area (Å²) >= 11 is 0. The summed E-state index contributed by atoms with van der Waals surface area (Å²) in [6, 6.07) is 13.8. The van der Waals surface area contributed by atoms with Crippen molar-refractivity contribution < 1.29 is 22.9 Å². The highest BCUT2D eigenvalue weighted by Gasteiger charge is 2.18. The van der Waals surface area contributed by atoms with E-state index in [1.54, 1.807) is 30.7 Å². The zero-order valence-electron chi connectivity index (χ0n) is 13.7. The van der Waals surface area contributed by atoms with Gasteiger partial charge in [0.15, 0.2) is 18.1 Å². The van der Waals surface area contributed by atoms with Gasteiger partial charge in [0.1, 0.15) is 18.9 Å². The Morgan fingerprint density at radius 1 is 0.960 bits per heavy atom. The summed E-state index contributed by atoms with van der Waals surface area (Å²) in [6.07, 6.45) is 3.22. The van der Waals surface area contributed by atoms with Crippen molar-refractivity contribution in [3.05, 3.63) is 84.0 Å². The second-order valence-corrected chi connectivity index (χ2v) is 5.81.